The summed E-state index contributed by atoms with van der Waals surface area (Å²) in [6, 6.07) is 9.06. The molecule has 2 heterocycles. The van der Waals surface area contributed by atoms with E-state index in [4.69, 9.17) is 16.9 Å². The van der Waals surface area contributed by atoms with Crippen molar-refractivity contribution in [2.24, 2.45) is 0 Å². The van der Waals surface area contributed by atoms with E-state index in [0.29, 0.717) is 23.0 Å². The molecule has 3 rings (SSSR count). The fraction of sp³-hybridized carbons (Fsp3) is 0.333. The highest BCUT2D eigenvalue weighted by molar-refractivity contribution is 6.32. The van der Waals surface area contributed by atoms with E-state index < -0.39 is 0 Å². The molecule has 0 radical (unpaired) electrons. The van der Waals surface area contributed by atoms with Gasteiger partial charge in [0.15, 0.2) is 0 Å². The van der Waals surface area contributed by atoms with Crippen molar-refractivity contribution in [2.75, 3.05) is 0 Å². The Labute approximate surface area is 174 Å². The molecule has 0 aliphatic heterocycles. The molecule has 0 unspecified atom stereocenters. The first-order chi connectivity index (χ1) is 13.9. The van der Waals surface area contributed by atoms with Crippen LogP contribution in [0.4, 0.5) is 0 Å². The van der Waals surface area contributed by atoms with E-state index in [-0.39, 0.29) is 18.4 Å². The van der Waals surface area contributed by atoms with E-state index in [1.165, 1.54) is 0 Å². The summed E-state index contributed by atoms with van der Waals surface area (Å²) in [5.74, 6) is 1.11. The number of aromatic amines is 1. The number of halogens is 1. The second-order valence-electron chi connectivity index (χ2n) is 7.32. The maximum Gasteiger partial charge on any atom is 0.226 e. The van der Waals surface area contributed by atoms with Gasteiger partial charge >= 0.3 is 0 Å². The molecule has 0 bridgehead atoms. The zero-order valence-corrected chi connectivity index (χ0v) is 17.4. The van der Waals surface area contributed by atoms with Crippen LogP contribution in [-0.2, 0) is 17.8 Å². The van der Waals surface area contributed by atoms with Crippen molar-refractivity contribution >= 4 is 17.5 Å². The summed E-state index contributed by atoms with van der Waals surface area (Å²) in [5, 5.41) is 16.9. The highest BCUT2D eigenvalue weighted by atomic mass is 35.5. The van der Waals surface area contributed by atoms with Gasteiger partial charge in [-0.25, -0.2) is 4.98 Å². The zero-order valence-electron chi connectivity index (χ0n) is 16.6. The van der Waals surface area contributed by atoms with Crippen LogP contribution < -0.4 is 5.32 Å². The Morgan fingerprint density at radius 3 is 2.79 bits per heavy atom. The predicted molar refractivity (Wildman–Crippen MR) is 111 cm³/mol. The van der Waals surface area contributed by atoms with Crippen LogP contribution in [0.2, 0.25) is 5.02 Å². The quantitative estimate of drug-likeness (QED) is 0.620. The van der Waals surface area contributed by atoms with Crippen molar-refractivity contribution in [3.05, 3.63) is 58.8 Å². The van der Waals surface area contributed by atoms with Gasteiger partial charge in [0, 0.05) is 35.6 Å². The molecule has 2 aromatic heterocycles. The number of benzene rings is 1. The molecule has 1 aromatic carbocycles. The van der Waals surface area contributed by atoms with Crippen molar-refractivity contribution in [3.8, 4) is 17.3 Å². The standard InChI is InChI=1S/C21H23ClN6O/c1-13(2)21-24-11-17(26-21)9-20(29)25-14(3)12-28-7-6-19(27-28)15-4-5-16(10-23)18(22)8-15/h4-8,11,13-14H,9,12H2,1-3H3,(H,24,26)(H,25,29)/t14-/m0/s1. The number of nitriles is 1. The summed E-state index contributed by atoms with van der Waals surface area (Å²) in [4.78, 5) is 19.8. The third kappa shape index (κ3) is 5.24. The monoisotopic (exact) mass is 410 g/mol. The third-order valence-electron chi connectivity index (χ3n) is 4.44. The number of carbonyl (C=O) groups is 1. The smallest absolute Gasteiger partial charge is 0.226 e. The van der Waals surface area contributed by atoms with Gasteiger partial charge in [0.25, 0.3) is 0 Å². The summed E-state index contributed by atoms with van der Waals surface area (Å²) in [6.07, 6.45) is 3.83. The lowest BCUT2D eigenvalue weighted by molar-refractivity contribution is -0.121. The Kier molecular flexibility index (Phi) is 6.35. The second kappa shape index (κ2) is 8.93. The molecule has 0 saturated heterocycles. The molecule has 150 valence electrons. The minimum atomic E-state index is -0.0905. The first-order valence-corrected chi connectivity index (χ1v) is 9.80. The molecule has 1 amide bonds. The first kappa shape index (κ1) is 20.6. The fourth-order valence-corrected chi connectivity index (χ4v) is 3.19. The van der Waals surface area contributed by atoms with Gasteiger partial charge in [0.1, 0.15) is 11.9 Å². The lowest BCUT2D eigenvalue weighted by Gasteiger charge is -2.13. The van der Waals surface area contributed by atoms with Crippen LogP contribution in [0, 0.1) is 11.3 Å². The van der Waals surface area contributed by atoms with Crippen LogP contribution in [0.25, 0.3) is 11.3 Å². The zero-order chi connectivity index (χ0) is 21.0. The summed E-state index contributed by atoms with van der Waals surface area (Å²) in [7, 11) is 0. The summed E-state index contributed by atoms with van der Waals surface area (Å²) in [6.45, 7) is 6.57. The van der Waals surface area contributed by atoms with Gasteiger partial charge in [-0.2, -0.15) is 10.4 Å². The van der Waals surface area contributed by atoms with Gasteiger partial charge in [-0.1, -0.05) is 31.5 Å². The number of amides is 1. The van der Waals surface area contributed by atoms with E-state index in [2.05, 4.69) is 34.2 Å². The number of nitrogens with one attached hydrogen (secondary N) is 2. The number of carbonyl (C=O) groups excluding carboxylic acids is 1. The fourth-order valence-electron chi connectivity index (χ4n) is 2.97. The largest absolute Gasteiger partial charge is 0.351 e. The first-order valence-electron chi connectivity index (χ1n) is 9.42. The number of aromatic nitrogens is 4. The van der Waals surface area contributed by atoms with Gasteiger partial charge in [-0.15, -0.1) is 0 Å². The van der Waals surface area contributed by atoms with Gasteiger partial charge < -0.3 is 10.3 Å². The molecule has 1 atom stereocenters. The summed E-state index contributed by atoms with van der Waals surface area (Å²) < 4.78 is 1.78. The van der Waals surface area contributed by atoms with Gasteiger partial charge in [0.2, 0.25) is 5.91 Å². The molecule has 0 spiro atoms. The Hall–Kier alpha value is -3.11. The number of hydrogen-bond donors (Lipinski definition) is 2. The molecule has 0 fully saturated rings. The molecule has 7 nitrogen and oxygen atoms in total. The third-order valence-corrected chi connectivity index (χ3v) is 4.75. The van der Waals surface area contributed by atoms with E-state index >= 15 is 0 Å². The average molecular weight is 411 g/mol. The van der Waals surface area contributed by atoms with Gasteiger partial charge in [-0.05, 0) is 25.1 Å². The summed E-state index contributed by atoms with van der Waals surface area (Å²) >= 11 is 6.10. The van der Waals surface area contributed by atoms with Crippen LogP contribution in [-0.4, -0.2) is 31.7 Å². The molecule has 3 aromatic rings. The van der Waals surface area contributed by atoms with Crippen LogP contribution in [0.3, 0.4) is 0 Å². The second-order valence-corrected chi connectivity index (χ2v) is 7.73. The minimum absolute atomic E-state index is 0.0669. The number of rotatable bonds is 7. The normalized spacial score (nSPS) is 12.0. The van der Waals surface area contributed by atoms with Crippen LogP contribution in [0.5, 0.6) is 0 Å². The topological polar surface area (TPSA) is 99.4 Å². The number of imidazole rings is 1. The van der Waals surface area contributed by atoms with Crippen molar-refractivity contribution in [2.45, 2.75) is 45.7 Å². The van der Waals surface area contributed by atoms with Crippen LogP contribution in [0.15, 0.2) is 36.7 Å². The maximum atomic E-state index is 12.3. The number of H-pyrrole nitrogens is 1. The predicted octanol–water partition coefficient (Wildman–Crippen LogP) is 3.67. The molecule has 8 heteroatoms. The van der Waals surface area contributed by atoms with Gasteiger partial charge in [0.05, 0.1) is 29.2 Å². The van der Waals surface area contributed by atoms with E-state index in [9.17, 15) is 4.79 Å². The van der Waals surface area contributed by atoms with E-state index in [1.54, 1.807) is 23.0 Å². The van der Waals surface area contributed by atoms with Crippen LogP contribution in [0.1, 0.15) is 43.8 Å². The van der Waals surface area contributed by atoms with Gasteiger partial charge in [-0.3, -0.25) is 9.48 Å². The lowest BCUT2D eigenvalue weighted by Crippen LogP contribution is -2.36. The highest BCUT2D eigenvalue weighted by Crippen LogP contribution is 2.24. The Balaban J connectivity index is 1.57. The van der Waals surface area contributed by atoms with Crippen molar-refractivity contribution < 1.29 is 4.79 Å². The lowest BCUT2D eigenvalue weighted by atomic mass is 10.1. The van der Waals surface area contributed by atoms with Crippen molar-refractivity contribution in [3.63, 3.8) is 0 Å². The number of hydrogen-bond acceptors (Lipinski definition) is 4. The molecular formula is C21H23ClN6O. The SMILES string of the molecule is CC(C)c1ncc(CC(=O)N[C@@H](C)Cn2ccc(-c3ccc(C#N)c(Cl)c3)n2)[nH]1. The molecule has 2 N–H and O–H groups in total. The summed E-state index contributed by atoms with van der Waals surface area (Å²) in [5.41, 5.74) is 2.83. The Bertz CT molecular complexity index is 1050. The van der Waals surface area contributed by atoms with Crippen molar-refractivity contribution in [1.82, 2.24) is 25.1 Å². The molecular weight excluding hydrogens is 388 g/mol. The average Bonchev–Trinajstić information content (AvgIpc) is 3.31. The minimum Gasteiger partial charge on any atom is -0.351 e. The molecule has 0 aliphatic carbocycles. The maximum absolute atomic E-state index is 12.3. The highest BCUT2D eigenvalue weighted by Gasteiger charge is 2.13. The van der Waals surface area contributed by atoms with E-state index in [1.807, 2.05) is 31.3 Å². The Morgan fingerprint density at radius 2 is 2.14 bits per heavy atom. The molecule has 29 heavy (non-hydrogen) atoms. The van der Waals surface area contributed by atoms with Crippen LogP contribution >= 0.6 is 11.6 Å². The molecule has 0 saturated carbocycles. The Morgan fingerprint density at radius 1 is 1.34 bits per heavy atom. The molecule has 0 aliphatic rings. The van der Waals surface area contributed by atoms with Crippen molar-refractivity contribution in [1.29, 1.82) is 5.26 Å². The number of nitrogens with zero attached hydrogens (tertiary/aromatic N) is 4. The van der Waals surface area contributed by atoms with E-state index in [0.717, 1.165) is 22.8 Å².